The Morgan fingerprint density at radius 1 is 1.16 bits per heavy atom. The highest BCUT2D eigenvalue weighted by molar-refractivity contribution is 6.31. The minimum absolute atomic E-state index is 0.0689. The fraction of sp³-hybridized carbons (Fsp3) is 0.0556. The van der Waals surface area contributed by atoms with Gasteiger partial charge in [0.1, 0.15) is 17.2 Å². The predicted octanol–water partition coefficient (Wildman–Crippen LogP) is 3.34. The zero-order valence-electron chi connectivity index (χ0n) is 12.9. The van der Waals surface area contributed by atoms with Crippen LogP contribution in [0.2, 0.25) is 5.02 Å². The van der Waals surface area contributed by atoms with Crippen molar-refractivity contribution in [3.63, 3.8) is 0 Å². The van der Waals surface area contributed by atoms with Crippen molar-refractivity contribution in [1.29, 1.82) is 0 Å². The Morgan fingerprint density at radius 2 is 2.00 bits per heavy atom. The molecule has 0 aliphatic heterocycles. The van der Waals surface area contributed by atoms with Crippen LogP contribution in [0.5, 0.6) is 0 Å². The van der Waals surface area contributed by atoms with Crippen molar-refractivity contribution >= 4 is 23.3 Å². The summed E-state index contributed by atoms with van der Waals surface area (Å²) in [6.07, 6.45) is 3.00. The van der Waals surface area contributed by atoms with Gasteiger partial charge < -0.3 is 9.88 Å². The molecule has 0 fully saturated rings. The molecule has 126 valence electrons. The molecule has 0 atom stereocenters. The second-order valence-electron chi connectivity index (χ2n) is 5.22. The van der Waals surface area contributed by atoms with E-state index in [0.29, 0.717) is 5.82 Å². The number of pyridine rings is 2. The molecule has 0 spiro atoms. The molecule has 1 N–H and O–H groups in total. The summed E-state index contributed by atoms with van der Waals surface area (Å²) < 4.78 is 15.2. The number of rotatable bonds is 4. The van der Waals surface area contributed by atoms with E-state index in [1.807, 2.05) is 0 Å². The van der Waals surface area contributed by atoms with Crippen LogP contribution in [0.3, 0.4) is 0 Å². The Bertz CT molecular complexity index is 953. The van der Waals surface area contributed by atoms with E-state index in [4.69, 9.17) is 11.6 Å². The van der Waals surface area contributed by atoms with Crippen LogP contribution >= 0.6 is 11.6 Å². The maximum atomic E-state index is 13.9. The summed E-state index contributed by atoms with van der Waals surface area (Å²) in [5, 5.41) is 2.77. The van der Waals surface area contributed by atoms with E-state index in [1.54, 1.807) is 30.3 Å². The Morgan fingerprint density at radius 3 is 2.72 bits per heavy atom. The molecule has 0 saturated heterocycles. The Labute approximate surface area is 147 Å². The summed E-state index contributed by atoms with van der Waals surface area (Å²) in [5.41, 5.74) is -0.426. The van der Waals surface area contributed by atoms with Crippen molar-refractivity contribution in [1.82, 2.24) is 9.55 Å². The molecule has 7 heteroatoms. The summed E-state index contributed by atoms with van der Waals surface area (Å²) >= 11 is 6.00. The van der Waals surface area contributed by atoms with Crippen LogP contribution < -0.4 is 10.9 Å². The number of amides is 1. The normalized spacial score (nSPS) is 10.5. The summed E-state index contributed by atoms with van der Waals surface area (Å²) in [6, 6.07) is 12.3. The number of benzene rings is 1. The minimum Gasteiger partial charge on any atom is -0.310 e. The predicted molar refractivity (Wildman–Crippen MR) is 93.4 cm³/mol. The third kappa shape index (κ3) is 3.75. The van der Waals surface area contributed by atoms with Crippen molar-refractivity contribution < 1.29 is 9.18 Å². The molecule has 0 bridgehead atoms. The highest BCUT2D eigenvalue weighted by Crippen LogP contribution is 2.19. The smallest absolute Gasteiger partial charge is 0.263 e. The lowest BCUT2D eigenvalue weighted by molar-refractivity contribution is 0.102. The van der Waals surface area contributed by atoms with Gasteiger partial charge in [-0.1, -0.05) is 23.7 Å². The molecule has 1 amide bonds. The molecule has 2 aromatic heterocycles. The van der Waals surface area contributed by atoms with Gasteiger partial charge in [0.25, 0.3) is 11.5 Å². The molecule has 0 unspecified atom stereocenters. The summed E-state index contributed by atoms with van der Waals surface area (Å²) in [7, 11) is 0. The van der Waals surface area contributed by atoms with Crippen molar-refractivity contribution in [2.45, 2.75) is 6.54 Å². The van der Waals surface area contributed by atoms with Gasteiger partial charge in [-0.05, 0) is 36.4 Å². The fourth-order valence-electron chi connectivity index (χ4n) is 2.31. The van der Waals surface area contributed by atoms with Gasteiger partial charge in [0.05, 0.1) is 6.54 Å². The second kappa shape index (κ2) is 7.27. The third-order valence-electron chi connectivity index (χ3n) is 3.56. The first-order valence-electron chi connectivity index (χ1n) is 7.41. The number of halogens is 2. The lowest BCUT2D eigenvalue weighted by atomic mass is 10.2. The van der Waals surface area contributed by atoms with E-state index in [-0.39, 0.29) is 22.7 Å². The quantitative estimate of drug-likeness (QED) is 0.779. The van der Waals surface area contributed by atoms with Crippen LogP contribution in [0.15, 0.2) is 65.7 Å². The highest BCUT2D eigenvalue weighted by Gasteiger charge is 2.15. The van der Waals surface area contributed by atoms with Gasteiger partial charge in [-0.2, -0.15) is 0 Å². The van der Waals surface area contributed by atoms with Crippen LogP contribution in [0.1, 0.15) is 15.9 Å². The van der Waals surface area contributed by atoms with Crippen LogP contribution in [-0.2, 0) is 6.54 Å². The zero-order chi connectivity index (χ0) is 17.8. The number of nitrogens with zero attached hydrogens (tertiary/aromatic N) is 2. The molecule has 5 nitrogen and oxygen atoms in total. The molecule has 3 aromatic rings. The first-order chi connectivity index (χ1) is 12.1. The van der Waals surface area contributed by atoms with E-state index >= 15 is 0 Å². The van der Waals surface area contributed by atoms with Crippen LogP contribution in [0.4, 0.5) is 10.2 Å². The van der Waals surface area contributed by atoms with Gasteiger partial charge in [0.15, 0.2) is 0 Å². The Balaban J connectivity index is 1.90. The van der Waals surface area contributed by atoms with Gasteiger partial charge >= 0.3 is 0 Å². The Kier molecular flexibility index (Phi) is 4.90. The molecule has 2 heterocycles. The minimum atomic E-state index is -0.585. The number of hydrogen-bond donors (Lipinski definition) is 1. The summed E-state index contributed by atoms with van der Waals surface area (Å²) in [4.78, 5) is 28.8. The first kappa shape index (κ1) is 16.9. The van der Waals surface area contributed by atoms with Crippen molar-refractivity contribution in [3.8, 4) is 0 Å². The molecule has 0 saturated carbocycles. The van der Waals surface area contributed by atoms with Crippen molar-refractivity contribution in [3.05, 3.63) is 93.2 Å². The molecule has 3 rings (SSSR count). The van der Waals surface area contributed by atoms with E-state index in [2.05, 4.69) is 10.3 Å². The lowest BCUT2D eigenvalue weighted by Crippen LogP contribution is -2.29. The molecule has 1 aromatic carbocycles. The summed E-state index contributed by atoms with van der Waals surface area (Å²) in [6.45, 7) is -0.0744. The summed E-state index contributed by atoms with van der Waals surface area (Å²) in [5.74, 6) is -0.764. The van der Waals surface area contributed by atoms with E-state index in [9.17, 15) is 14.0 Å². The topological polar surface area (TPSA) is 64.0 Å². The second-order valence-corrected chi connectivity index (χ2v) is 5.63. The van der Waals surface area contributed by atoms with E-state index in [1.165, 1.54) is 35.2 Å². The third-order valence-corrected chi connectivity index (χ3v) is 3.92. The molecule has 25 heavy (non-hydrogen) atoms. The van der Waals surface area contributed by atoms with Crippen LogP contribution in [0.25, 0.3) is 0 Å². The largest absolute Gasteiger partial charge is 0.310 e. The number of carbonyl (C=O) groups excluding carboxylic acids is 1. The van der Waals surface area contributed by atoms with Gasteiger partial charge in [0.2, 0.25) is 0 Å². The molecule has 0 radical (unpaired) electrons. The van der Waals surface area contributed by atoms with E-state index in [0.717, 1.165) is 0 Å². The number of carbonyl (C=O) groups is 1. The number of hydrogen-bond acceptors (Lipinski definition) is 3. The zero-order valence-corrected chi connectivity index (χ0v) is 13.7. The molecule has 0 aliphatic carbocycles. The van der Waals surface area contributed by atoms with Crippen LogP contribution in [0, 0.1) is 5.82 Å². The standard InChI is InChI=1S/C18H13ClFN3O2/c19-14-6-3-7-15(20)13(14)11-23-10-4-5-12(18(23)25)17(24)22-16-8-1-2-9-21-16/h1-10H,11H2,(H,21,22,24). The van der Waals surface area contributed by atoms with Gasteiger partial charge in [-0.25, -0.2) is 9.37 Å². The van der Waals surface area contributed by atoms with Gasteiger partial charge in [-0.3, -0.25) is 9.59 Å². The number of anilines is 1. The van der Waals surface area contributed by atoms with Gasteiger partial charge in [-0.15, -0.1) is 0 Å². The lowest BCUT2D eigenvalue weighted by Gasteiger charge is -2.10. The molecular formula is C18H13ClFN3O2. The maximum absolute atomic E-state index is 13.9. The SMILES string of the molecule is O=C(Nc1ccccn1)c1cccn(Cc2c(F)cccc2Cl)c1=O. The van der Waals surface area contributed by atoms with Crippen molar-refractivity contribution in [2.24, 2.45) is 0 Å². The maximum Gasteiger partial charge on any atom is 0.263 e. The fourth-order valence-corrected chi connectivity index (χ4v) is 2.53. The Hall–Kier alpha value is -2.99. The number of aromatic nitrogens is 2. The van der Waals surface area contributed by atoms with Gasteiger partial charge in [0, 0.05) is 23.0 Å². The number of nitrogens with one attached hydrogen (secondary N) is 1. The van der Waals surface area contributed by atoms with Crippen LogP contribution in [-0.4, -0.2) is 15.5 Å². The highest BCUT2D eigenvalue weighted by atomic mass is 35.5. The molecule has 0 aliphatic rings. The average Bonchev–Trinajstić information content (AvgIpc) is 2.60. The molecular weight excluding hydrogens is 345 g/mol. The average molecular weight is 358 g/mol. The van der Waals surface area contributed by atoms with Crippen molar-refractivity contribution in [2.75, 3.05) is 5.32 Å². The van der Waals surface area contributed by atoms with E-state index < -0.39 is 17.3 Å². The monoisotopic (exact) mass is 357 g/mol. The first-order valence-corrected chi connectivity index (χ1v) is 7.79.